The van der Waals surface area contributed by atoms with Crippen molar-refractivity contribution in [1.82, 2.24) is 0 Å². The standard InChI is InChI=1S/C8H9NO2S2/c1-2-9-7-4-3-6(13(10)11)5-8(7)12/h2-5,12H,1H3,(H,10,11)/p-1. The minimum Gasteiger partial charge on any atom is -0.768 e. The molecule has 1 rings (SSSR count). The third-order valence-corrected chi connectivity index (χ3v) is 2.40. The molecule has 1 unspecified atom stereocenters. The van der Waals surface area contributed by atoms with Crippen LogP contribution in [-0.4, -0.2) is 15.0 Å². The topological polar surface area (TPSA) is 52.5 Å². The van der Waals surface area contributed by atoms with E-state index in [0.717, 1.165) is 0 Å². The number of aliphatic imine (C=N–C) groups is 1. The lowest BCUT2D eigenvalue weighted by molar-refractivity contribution is 0.537. The van der Waals surface area contributed by atoms with Crippen LogP contribution < -0.4 is 0 Å². The van der Waals surface area contributed by atoms with Crippen molar-refractivity contribution < 1.29 is 8.76 Å². The Labute approximate surface area is 84.6 Å². The molecule has 0 spiro atoms. The zero-order valence-corrected chi connectivity index (χ0v) is 8.64. The van der Waals surface area contributed by atoms with Crippen molar-refractivity contribution in [2.45, 2.75) is 16.7 Å². The van der Waals surface area contributed by atoms with Gasteiger partial charge < -0.3 is 4.55 Å². The molecule has 0 saturated heterocycles. The lowest BCUT2D eigenvalue weighted by atomic mass is 10.3. The molecule has 0 aliphatic rings. The Bertz CT molecular complexity index is 363. The molecule has 0 fully saturated rings. The molecular formula is C8H8NO2S2-. The van der Waals surface area contributed by atoms with Gasteiger partial charge in [-0.3, -0.25) is 9.20 Å². The van der Waals surface area contributed by atoms with Crippen molar-refractivity contribution in [2.75, 3.05) is 0 Å². The summed E-state index contributed by atoms with van der Waals surface area (Å²) >= 11 is 1.91. The second-order valence-corrected chi connectivity index (χ2v) is 3.70. The van der Waals surface area contributed by atoms with Gasteiger partial charge in [0.15, 0.2) is 0 Å². The van der Waals surface area contributed by atoms with Gasteiger partial charge in [0.05, 0.1) is 5.69 Å². The average molecular weight is 214 g/mol. The summed E-state index contributed by atoms with van der Waals surface area (Å²) in [7, 11) is 0. The van der Waals surface area contributed by atoms with Crippen molar-refractivity contribution in [3.8, 4) is 0 Å². The van der Waals surface area contributed by atoms with E-state index >= 15 is 0 Å². The number of rotatable bonds is 2. The van der Waals surface area contributed by atoms with E-state index in [0.29, 0.717) is 10.6 Å². The summed E-state index contributed by atoms with van der Waals surface area (Å²) < 4.78 is 21.1. The van der Waals surface area contributed by atoms with E-state index in [1.54, 1.807) is 19.2 Å². The van der Waals surface area contributed by atoms with Crippen LogP contribution in [0.4, 0.5) is 5.69 Å². The van der Waals surface area contributed by atoms with Gasteiger partial charge in [0, 0.05) is 16.0 Å². The van der Waals surface area contributed by atoms with Crippen molar-refractivity contribution in [1.29, 1.82) is 0 Å². The van der Waals surface area contributed by atoms with Crippen LogP contribution in [0.5, 0.6) is 0 Å². The molecule has 1 aromatic carbocycles. The summed E-state index contributed by atoms with van der Waals surface area (Å²) in [6.07, 6.45) is 1.63. The summed E-state index contributed by atoms with van der Waals surface area (Å²) in [5.74, 6) is 0. The molecule has 0 radical (unpaired) electrons. The Balaban J connectivity index is 3.12. The number of hydrogen-bond donors (Lipinski definition) is 1. The normalized spacial score (nSPS) is 13.5. The van der Waals surface area contributed by atoms with E-state index in [1.165, 1.54) is 12.1 Å². The summed E-state index contributed by atoms with van der Waals surface area (Å²) in [5, 5.41) is 0. The summed E-state index contributed by atoms with van der Waals surface area (Å²) in [5.41, 5.74) is 0.667. The summed E-state index contributed by atoms with van der Waals surface area (Å²) in [6.45, 7) is 1.78. The van der Waals surface area contributed by atoms with E-state index in [2.05, 4.69) is 17.6 Å². The fraction of sp³-hybridized carbons (Fsp3) is 0.125. The van der Waals surface area contributed by atoms with Crippen LogP contribution in [0.3, 0.4) is 0 Å². The lowest BCUT2D eigenvalue weighted by Crippen LogP contribution is -1.87. The highest BCUT2D eigenvalue weighted by atomic mass is 32.2. The molecule has 1 atom stereocenters. The first-order chi connectivity index (χ1) is 6.15. The molecule has 0 aromatic heterocycles. The monoisotopic (exact) mass is 214 g/mol. The van der Waals surface area contributed by atoms with Crippen LogP contribution in [0, 0.1) is 0 Å². The van der Waals surface area contributed by atoms with Gasteiger partial charge in [-0.1, -0.05) is 0 Å². The second kappa shape index (κ2) is 4.55. The van der Waals surface area contributed by atoms with Crippen molar-refractivity contribution in [2.24, 2.45) is 4.99 Å². The fourth-order valence-electron chi connectivity index (χ4n) is 0.855. The second-order valence-electron chi connectivity index (χ2n) is 2.27. The zero-order chi connectivity index (χ0) is 9.84. The molecule has 0 heterocycles. The molecule has 0 N–H and O–H groups in total. The lowest BCUT2D eigenvalue weighted by Gasteiger charge is -2.06. The number of benzene rings is 1. The molecule has 5 heteroatoms. The van der Waals surface area contributed by atoms with Crippen LogP contribution in [0.25, 0.3) is 0 Å². The zero-order valence-electron chi connectivity index (χ0n) is 6.93. The fourth-order valence-corrected chi connectivity index (χ4v) is 1.61. The Morgan fingerprint density at radius 3 is 2.77 bits per heavy atom. The predicted molar refractivity (Wildman–Crippen MR) is 54.7 cm³/mol. The molecule has 0 aliphatic carbocycles. The minimum absolute atomic E-state index is 0.222. The van der Waals surface area contributed by atoms with E-state index in [1.807, 2.05) is 0 Å². The summed E-state index contributed by atoms with van der Waals surface area (Å²) in [4.78, 5) is 4.78. The molecular weight excluding hydrogens is 206 g/mol. The maximum Gasteiger partial charge on any atom is 0.0759 e. The van der Waals surface area contributed by atoms with Crippen molar-refractivity contribution >= 4 is 35.6 Å². The van der Waals surface area contributed by atoms with E-state index in [9.17, 15) is 8.76 Å². The molecule has 3 nitrogen and oxygen atoms in total. The Hall–Kier alpha value is -0.650. The average Bonchev–Trinajstić information content (AvgIpc) is 2.08. The van der Waals surface area contributed by atoms with Crippen LogP contribution in [0.1, 0.15) is 6.92 Å². The minimum atomic E-state index is -2.20. The third kappa shape index (κ3) is 2.65. The SMILES string of the molecule is CC=Nc1ccc(S(=O)[O-])cc1S. The molecule has 0 bridgehead atoms. The van der Waals surface area contributed by atoms with Gasteiger partial charge in [-0.15, -0.1) is 12.6 Å². The number of nitrogens with zero attached hydrogens (tertiary/aromatic N) is 1. The van der Waals surface area contributed by atoms with Crippen molar-refractivity contribution in [3.63, 3.8) is 0 Å². The highest BCUT2D eigenvalue weighted by molar-refractivity contribution is 7.80. The van der Waals surface area contributed by atoms with E-state index in [4.69, 9.17) is 0 Å². The Morgan fingerprint density at radius 1 is 1.62 bits per heavy atom. The quantitative estimate of drug-likeness (QED) is 0.464. The van der Waals surface area contributed by atoms with Gasteiger partial charge >= 0.3 is 0 Å². The van der Waals surface area contributed by atoms with Crippen LogP contribution in [0.15, 0.2) is 33.0 Å². The maximum absolute atomic E-state index is 10.5. The van der Waals surface area contributed by atoms with Crippen LogP contribution in [-0.2, 0) is 11.1 Å². The number of thiol groups is 1. The molecule has 0 aliphatic heterocycles. The van der Waals surface area contributed by atoms with Gasteiger partial charge in [-0.25, -0.2) is 0 Å². The first kappa shape index (κ1) is 10.4. The maximum atomic E-state index is 10.5. The predicted octanol–water partition coefficient (Wildman–Crippen LogP) is 1.94. The highest BCUT2D eigenvalue weighted by Crippen LogP contribution is 2.24. The number of hydrogen-bond acceptors (Lipinski definition) is 4. The molecule has 1 aromatic rings. The molecule has 0 amide bonds. The highest BCUT2D eigenvalue weighted by Gasteiger charge is 1.98. The van der Waals surface area contributed by atoms with E-state index in [-0.39, 0.29) is 4.90 Å². The molecule has 0 saturated carbocycles. The Morgan fingerprint density at radius 2 is 2.31 bits per heavy atom. The van der Waals surface area contributed by atoms with Gasteiger partial charge in [0.25, 0.3) is 0 Å². The van der Waals surface area contributed by atoms with Crippen LogP contribution >= 0.6 is 12.6 Å². The van der Waals surface area contributed by atoms with E-state index < -0.39 is 11.1 Å². The smallest absolute Gasteiger partial charge is 0.0759 e. The molecule has 70 valence electrons. The van der Waals surface area contributed by atoms with Gasteiger partial charge in [-0.05, 0) is 36.2 Å². The van der Waals surface area contributed by atoms with Crippen LogP contribution in [0.2, 0.25) is 0 Å². The van der Waals surface area contributed by atoms with Gasteiger partial charge in [0.2, 0.25) is 0 Å². The Kier molecular flexibility index (Phi) is 3.65. The van der Waals surface area contributed by atoms with Gasteiger partial charge in [0.1, 0.15) is 0 Å². The largest absolute Gasteiger partial charge is 0.768 e. The summed E-state index contributed by atoms with van der Waals surface area (Å²) in [6, 6.07) is 4.58. The van der Waals surface area contributed by atoms with Gasteiger partial charge in [-0.2, -0.15) is 0 Å². The first-order valence-corrected chi connectivity index (χ1v) is 5.08. The molecule has 13 heavy (non-hydrogen) atoms. The third-order valence-electron chi connectivity index (χ3n) is 1.41. The van der Waals surface area contributed by atoms with Crippen molar-refractivity contribution in [3.05, 3.63) is 18.2 Å². The first-order valence-electron chi connectivity index (χ1n) is 3.56.